The molecule has 4 rings (SSSR count). The third kappa shape index (κ3) is 4.21. The fourth-order valence-electron chi connectivity index (χ4n) is 3.59. The van der Waals surface area contributed by atoms with E-state index in [1.54, 1.807) is 85.8 Å². The van der Waals surface area contributed by atoms with Gasteiger partial charge in [0.1, 0.15) is 0 Å². The van der Waals surface area contributed by atoms with Gasteiger partial charge in [-0.15, -0.1) is 0 Å². The van der Waals surface area contributed by atoms with E-state index in [1.165, 1.54) is 4.57 Å². The molecule has 166 valence electrons. The normalized spacial score (nSPS) is 10.7. The van der Waals surface area contributed by atoms with Crippen LogP contribution < -0.4 is 0 Å². The van der Waals surface area contributed by atoms with Crippen LogP contribution in [0.1, 0.15) is 33.2 Å². The average molecular weight is 462 g/mol. The minimum atomic E-state index is -0.539. The maximum absolute atomic E-state index is 13.4. The number of aromatic nitrogens is 1. The van der Waals surface area contributed by atoms with Crippen molar-refractivity contribution in [2.75, 3.05) is 6.61 Å². The summed E-state index contributed by atoms with van der Waals surface area (Å²) in [6.07, 6.45) is 0. The summed E-state index contributed by atoms with van der Waals surface area (Å²) < 4.78 is 6.38. The highest BCUT2D eigenvalue weighted by Crippen LogP contribution is 2.44. The number of rotatable bonds is 6. The van der Waals surface area contributed by atoms with Crippen LogP contribution in [-0.2, 0) is 4.74 Å². The molecular weight excluding hydrogens is 442 g/mol. The summed E-state index contributed by atoms with van der Waals surface area (Å²) in [6, 6.07) is 21.5. The third-order valence-corrected chi connectivity index (χ3v) is 5.39. The number of nitrogens with zero attached hydrogens (tertiary/aromatic N) is 1. The number of carbonyl (C=O) groups is 2. The molecule has 0 bridgehead atoms. The van der Waals surface area contributed by atoms with E-state index in [4.69, 9.17) is 16.3 Å². The summed E-state index contributed by atoms with van der Waals surface area (Å²) in [6.45, 7) is 1.97. The van der Waals surface area contributed by atoms with Crippen LogP contribution in [0.3, 0.4) is 0 Å². The van der Waals surface area contributed by atoms with E-state index >= 15 is 0 Å². The summed E-state index contributed by atoms with van der Waals surface area (Å²) in [5.74, 6) is -1.96. The van der Waals surface area contributed by atoms with E-state index in [9.17, 15) is 19.8 Å². The Labute approximate surface area is 195 Å². The van der Waals surface area contributed by atoms with Gasteiger partial charge in [0.15, 0.2) is 11.5 Å². The molecular formula is C26H20ClNO5. The molecule has 0 unspecified atom stereocenters. The first-order chi connectivity index (χ1) is 15.9. The Balaban J connectivity index is 1.93. The van der Waals surface area contributed by atoms with Crippen molar-refractivity contribution in [3.8, 4) is 28.6 Å². The summed E-state index contributed by atoms with van der Waals surface area (Å²) >= 11 is 6.05. The Morgan fingerprint density at radius 3 is 2.12 bits per heavy atom. The fourth-order valence-corrected chi connectivity index (χ4v) is 3.72. The number of hydrogen-bond acceptors (Lipinski definition) is 5. The van der Waals surface area contributed by atoms with Gasteiger partial charge in [0.05, 0.1) is 23.4 Å². The number of hydrogen-bond donors (Lipinski definition) is 2. The lowest BCUT2D eigenvalue weighted by Crippen LogP contribution is -2.06. The zero-order valence-electron chi connectivity index (χ0n) is 17.7. The van der Waals surface area contributed by atoms with Crippen molar-refractivity contribution in [1.29, 1.82) is 0 Å². The minimum Gasteiger partial charge on any atom is -0.503 e. The molecule has 0 aliphatic rings. The van der Waals surface area contributed by atoms with Crippen molar-refractivity contribution in [1.82, 2.24) is 4.57 Å². The quantitative estimate of drug-likeness (QED) is 0.287. The Bertz CT molecular complexity index is 1310. The molecule has 0 radical (unpaired) electrons. The smallest absolute Gasteiger partial charge is 0.338 e. The van der Waals surface area contributed by atoms with Crippen molar-refractivity contribution >= 4 is 23.4 Å². The SMILES string of the molecule is CCOC(=O)c1ccc(-n2c(O)c(O)c(C(=O)c3ccccc3)c2-c2ccc(Cl)cc2)cc1. The Kier molecular flexibility index (Phi) is 6.20. The van der Waals surface area contributed by atoms with Gasteiger partial charge >= 0.3 is 5.97 Å². The molecule has 0 aliphatic carbocycles. The number of ketones is 1. The van der Waals surface area contributed by atoms with Gasteiger partial charge in [-0.25, -0.2) is 4.79 Å². The summed E-state index contributed by atoms with van der Waals surface area (Å²) in [5, 5.41) is 22.2. The molecule has 3 aromatic carbocycles. The van der Waals surface area contributed by atoms with E-state index < -0.39 is 23.4 Å². The zero-order valence-corrected chi connectivity index (χ0v) is 18.4. The van der Waals surface area contributed by atoms with Gasteiger partial charge in [-0.2, -0.15) is 0 Å². The van der Waals surface area contributed by atoms with Crippen LogP contribution in [0, 0.1) is 0 Å². The van der Waals surface area contributed by atoms with Gasteiger partial charge in [0.2, 0.25) is 5.88 Å². The highest BCUT2D eigenvalue weighted by molar-refractivity contribution is 6.30. The van der Waals surface area contributed by atoms with Gasteiger partial charge in [-0.05, 0) is 48.9 Å². The highest BCUT2D eigenvalue weighted by atomic mass is 35.5. The molecule has 1 heterocycles. The van der Waals surface area contributed by atoms with Crippen molar-refractivity contribution in [2.45, 2.75) is 6.92 Å². The van der Waals surface area contributed by atoms with Crippen LogP contribution in [0.5, 0.6) is 11.6 Å². The second kappa shape index (κ2) is 9.22. The number of halogens is 1. The largest absolute Gasteiger partial charge is 0.503 e. The monoisotopic (exact) mass is 461 g/mol. The predicted octanol–water partition coefficient (Wildman–Crippen LogP) is 5.62. The number of ether oxygens (including phenoxy) is 1. The molecule has 33 heavy (non-hydrogen) atoms. The van der Waals surface area contributed by atoms with Crippen molar-refractivity contribution in [3.05, 3.63) is 101 Å². The van der Waals surface area contributed by atoms with Gasteiger partial charge in [0.25, 0.3) is 0 Å². The molecule has 0 spiro atoms. The van der Waals surface area contributed by atoms with E-state index in [0.717, 1.165) is 0 Å². The van der Waals surface area contributed by atoms with Gasteiger partial charge < -0.3 is 14.9 Å². The molecule has 1 aromatic heterocycles. The topological polar surface area (TPSA) is 88.8 Å². The first-order valence-corrected chi connectivity index (χ1v) is 10.6. The van der Waals surface area contributed by atoms with E-state index in [0.29, 0.717) is 33.1 Å². The molecule has 0 fully saturated rings. The molecule has 0 atom stereocenters. The Morgan fingerprint density at radius 1 is 0.879 bits per heavy atom. The lowest BCUT2D eigenvalue weighted by Gasteiger charge is -2.13. The summed E-state index contributed by atoms with van der Waals surface area (Å²) in [4.78, 5) is 25.4. The lowest BCUT2D eigenvalue weighted by atomic mass is 9.99. The van der Waals surface area contributed by atoms with E-state index in [1.807, 2.05) is 0 Å². The van der Waals surface area contributed by atoms with Crippen molar-refractivity contribution in [3.63, 3.8) is 0 Å². The number of aromatic hydroxyl groups is 2. The Hall–Kier alpha value is -4.03. The lowest BCUT2D eigenvalue weighted by molar-refractivity contribution is 0.0526. The Morgan fingerprint density at radius 2 is 1.52 bits per heavy atom. The van der Waals surface area contributed by atoms with Crippen LogP contribution in [-0.4, -0.2) is 33.1 Å². The molecule has 2 N–H and O–H groups in total. The van der Waals surface area contributed by atoms with Gasteiger partial charge in [0, 0.05) is 16.3 Å². The summed E-state index contributed by atoms with van der Waals surface area (Å²) in [5.41, 5.74) is 1.94. The van der Waals surface area contributed by atoms with Crippen LogP contribution >= 0.6 is 11.6 Å². The summed E-state index contributed by atoms with van der Waals surface area (Å²) in [7, 11) is 0. The second-order valence-corrected chi connectivity index (χ2v) is 7.64. The van der Waals surface area contributed by atoms with Crippen LogP contribution in [0.15, 0.2) is 78.9 Å². The first kappa shape index (κ1) is 22.2. The fraction of sp³-hybridized carbons (Fsp3) is 0.0769. The molecule has 0 saturated heterocycles. The molecule has 6 nitrogen and oxygen atoms in total. The standard InChI is InChI=1S/C26H20ClNO5/c1-2-33-26(32)18-10-14-20(15-11-18)28-22(16-8-12-19(27)13-9-16)21(24(30)25(28)31)23(29)17-6-4-3-5-7-17/h3-15,30-31H,2H2,1H3. The number of carbonyl (C=O) groups excluding carboxylic acids is 2. The minimum absolute atomic E-state index is 0.0458. The van der Waals surface area contributed by atoms with Crippen LogP contribution in [0.2, 0.25) is 5.02 Å². The maximum Gasteiger partial charge on any atom is 0.338 e. The predicted molar refractivity (Wildman–Crippen MR) is 125 cm³/mol. The van der Waals surface area contributed by atoms with Crippen LogP contribution in [0.25, 0.3) is 16.9 Å². The average Bonchev–Trinajstić information content (AvgIpc) is 3.10. The second-order valence-electron chi connectivity index (χ2n) is 7.20. The third-order valence-electron chi connectivity index (χ3n) is 5.14. The van der Waals surface area contributed by atoms with E-state index in [2.05, 4.69) is 0 Å². The number of esters is 1. The first-order valence-electron chi connectivity index (χ1n) is 10.2. The maximum atomic E-state index is 13.4. The number of benzene rings is 3. The van der Waals surface area contributed by atoms with Crippen molar-refractivity contribution in [2.24, 2.45) is 0 Å². The highest BCUT2D eigenvalue weighted by Gasteiger charge is 2.29. The molecule has 0 amide bonds. The zero-order chi connectivity index (χ0) is 23.5. The van der Waals surface area contributed by atoms with Gasteiger partial charge in [-0.1, -0.05) is 54.1 Å². The molecule has 0 saturated carbocycles. The van der Waals surface area contributed by atoms with Gasteiger partial charge in [-0.3, -0.25) is 9.36 Å². The molecule has 4 aromatic rings. The molecule has 7 heteroatoms. The van der Waals surface area contributed by atoms with E-state index in [-0.39, 0.29) is 12.2 Å². The van der Waals surface area contributed by atoms with Crippen molar-refractivity contribution < 1.29 is 24.5 Å². The van der Waals surface area contributed by atoms with Crippen LogP contribution in [0.4, 0.5) is 0 Å². The molecule has 0 aliphatic heterocycles.